The molecule has 0 spiro atoms. The van der Waals surface area contributed by atoms with Crippen molar-refractivity contribution in [3.63, 3.8) is 0 Å². The Morgan fingerprint density at radius 3 is 2.24 bits per heavy atom. The first-order chi connectivity index (χ1) is 10.1. The zero-order valence-corrected chi connectivity index (χ0v) is 12.0. The van der Waals surface area contributed by atoms with Gasteiger partial charge in [-0.3, -0.25) is 4.79 Å². The van der Waals surface area contributed by atoms with E-state index in [-0.39, 0.29) is 5.75 Å². The topological polar surface area (TPSA) is 52.6 Å². The molecule has 0 aliphatic rings. The lowest BCUT2D eigenvalue weighted by atomic mass is 10.1. The Kier molecular flexibility index (Phi) is 4.95. The minimum absolute atomic E-state index is 0.220. The van der Waals surface area contributed by atoms with E-state index in [2.05, 4.69) is 0 Å². The van der Waals surface area contributed by atoms with Crippen LogP contribution in [0.5, 0.6) is 5.75 Å². The molecule has 4 nitrogen and oxygen atoms in total. The SMILES string of the molecule is CC(=O)O[C@@H](C(=O)Oc1ccccc1Cl)c1ccccc1. The molecule has 2 aromatic rings. The number of hydrogen-bond acceptors (Lipinski definition) is 4. The molecule has 0 radical (unpaired) electrons. The van der Waals surface area contributed by atoms with Gasteiger partial charge in [-0.25, -0.2) is 4.79 Å². The maximum Gasteiger partial charge on any atom is 0.357 e. The molecule has 0 aliphatic heterocycles. The minimum Gasteiger partial charge on any atom is -0.446 e. The molecule has 0 heterocycles. The summed E-state index contributed by atoms with van der Waals surface area (Å²) in [5.41, 5.74) is 0.532. The van der Waals surface area contributed by atoms with Crippen molar-refractivity contribution in [3.05, 3.63) is 65.2 Å². The highest BCUT2D eigenvalue weighted by atomic mass is 35.5. The number of carbonyl (C=O) groups is 2. The zero-order valence-electron chi connectivity index (χ0n) is 11.3. The first kappa shape index (κ1) is 15.1. The van der Waals surface area contributed by atoms with Crippen LogP contribution in [0.3, 0.4) is 0 Å². The van der Waals surface area contributed by atoms with Gasteiger partial charge in [-0.15, -0.1) is 0 Å². The third kappa shape index (κ3) is 4.07. The molecule has 0 amide bonds. The number of benzene rings is 2. The number of carbonyl (C=O) groups excluding carboxylic acids is 2. The Morgan fingerprint density at radius 2 is 1.62 bits per heavy atom. The van der Waals surface area contributed by atoms with E-state index in [1.165, 1.54) is 6.92 Å². The molecule has 0 fully saturated rings. The van der Waals surface area contributed by atoms with E-state index < -0.39 is 18.0 Å². The fourth-order valence-electron chi connectivity index (χ4n) is 1.74. The molecular weight excluding hydrogens is 292 g/mol. The predicted molar refractivity (Wildman–Crippen MR) is 78.0 cm³/mol. The summed E-state index contributed by atoms with van der Waals surface area (Å²) in [5.74, 6) is -1.05. The van der Waals surface area contributed by atoms with Gasteiger partial charge in [0, 0.05) is 12.5 Å². The quantitative estimate of drug-likeness (QED) is 0.640. The predicted octanol–water partition coefficient (Wildman–Crippen LogP) is 3.55. The van der Waals surface area contributed by atoms with E-state index in [1.54, 1.807) is 54.6 Å². The van der Waals surface area contributed by atoms with Gasteiger partial charge in [0.25, 0.3) is 0 Å². The highest BCUT2D eigenvalue weighted by Crippen LogP contribution is 2.26. The van der Waals surface area contributed by atoms with Gasteiger partial charge in [-0.05, 0) is 12.1 Å². The maximum absolute atomic E-state index is 12.2. The normalized spacial score (nSPS) is 11.5. The largest absolute Gasteiger partial charge is 0.446 e. The first-order valence-electron chi connectivity index (χ1n) is 6.26. The molecule has 2 rings (SSSR count). The molecular formula is C16H13ClO4. The highest BCUT2D eigenvalue weighted by Gasteiger charge is 2.26. The average molecular weight is 305 g/mol. The van der Waals surface area contributed by atoms with Crippen molar-refractivity contribution >= 4 is 23.5 Å². The lowest BCUT2D eigenvalue weighted by Gasteiger charge is -2.16. The van der Waals surface area contributed by atoms with Gasteiger partial charge in [0.1, 0.15) is 5.75 Å². The molecule has 0 aliphatic carbocycles. The minimum atomic E-state index is -1.13. The Morgan fingerprint density at radius 1 is 1.00 bits per heavy atom. The monoisotopic (exact) mass is 304 g/mol. The van der Waals surface area contributed by atoms with Crippen molar-refractivity contribution in [1.29, 1.82) is 0 Å². The second-order valence-electron chi connectivity index (χ2n) is 4.25. The molecule has 2 aromatic carbocycles. The summed E-state index contributed by atoms with van der Waals surface area (Å²) in [4.78, 5) is 23.4. The van der Waals surface area contributed by atoms with Crippen LogP contribution in [0.1, 0.15) is 18.6 Å². The average Bonchev–Trinajstić information content (AvgIpc) is 2.48. The van der Waals surface area contributed by atoms with Crippen molar-refractivity contribution in [1.82, 2.24) is 0 Å². The van der Waals surface area contributed by atoms with E-state index in [9.17, 15) is 9.59 Å². The van der Waals surface area contributed by atoms with E-state index >= 15 is 0 Å². The Balaban J connectivity index is 2.23. The molecule has 5 heteroatoms. The summed E-state index contributed by atoms with van der Waals surface area (Å²) in [6, 6.07) is 15.2. The second kappa shape index (κ2) is 6.90. The lowest BCUT2D eigenvalue weighted by molar-refractivity contribution is -0.161. The van der Waals surface area contributed by atoms with Crippen LogP contribution in [0.4, 0.5) is 0 Å². The smallest absolute Gasteiger partial charge is 0.357 e. The van der Waals surface area contributed by atoms with Gasteiger partial charge in [-0.2, -0.15) is 0 Å². The van der Waals surface area contributed by atoms with Gasteiger partial charge in [0.2, 0.25) is 6.10 Å². The second-order valence-corrected chi connectivity index (χ2v) is 4.66. The first-order valence-corrected chi connectivity index (χ1v) is 6.64. The van der Waals surface area contributed by atoms with Crippen LogP contribution in [0, 0.1) is 0 Å². The summed E-state index contributed by atoms with van der Waals surface area (Å²) >= 11 is 5.94. The van der Waals surface area contributed by atoms with Gasteiger partial charge >= 0.3 is 11.9 Å². The van der Waals surface area contributed by atoms with Crippen LogP contribution in [0.2, 0.25) is 5.02 Å². The molecule has 0 saturated heterocycles. The number of para-hydroxylation sites is 1. The van der Waals surface area contributed by atoms with E-state index in [0.717, 1.165) is 0 Å². The van der Waals surface area contributed by atoms with Crippen molar-refractivity contribution in [2.24, 2.45) is 0 Å². The summed E-state index contributed by atoms with van der Waals surface area (Å²) in [6.45, 7) is 1.23. The highest BCUT2D eigenvalue weighted by molar-refractivity contribution is 6.32. The Labute approximate surface area is 127 Å². The number of esters is 2. The summed E-state index contributed by atoms with van der Waals surface area (Å²) in [6.07, 6.45) is -1.13. The Bertz CT molecular complexity index is 640. The molecule has 1 atom stereocenters. The molecule has 0 aromatic heterocycles. The van der Waals surface area contributed by atoms with E-state index in [0.29, 0.717) is 10.6 Å². The summed E-state index contributed by atoms with van der Waals surface area (Å²) < 4.78 is 10.3. The molecule has 0 unspecified atom stereocenters. The fraction of sp³-hybridized carbons (Fsp3) is 0.125. The fourth-order valence-corrected chi connectivity index (χ4v) is 1.91. The van der Waals surface area contributed by atoms with E-state index in [1.807, 2.05) is 0 Å². The van der Waals surface area contributed by atoms with Gasteiger partial charge < -0.3 is 9.47 Å². The van der Waals surface area contributed by atoms with E-state index in [4.69, 9.17) is 21.1 Å². The number of ether oxygens (including phenoxy) is 2. The third-order valence-corrected chi connectivity index (χ3v) is 2.96. The number of rotatable bonds is 4. The Hall–Kier alpha value is -2.33. The number of halogens is 1. The van der Waals surface area contributed by atoms with Gasteiger partial charge in [-0.1, -0.05) is 54.1 Å². The van der Waals surface area contributed by atoms with Crippen molar-refractivity contribution in [2.75, 3.05) is 0 Å². The molecule has 0 N–H and O–H groups in total. The molecule has 0 bridgehead atoms. The van der Waals surface area contributed by atoms with Gasteiger partial charge in [0.05, 0.1) is 5.02 Å². The van der Waals surface area contributed by atoms with Crippen molar-refractivity contribution < 1.29 is 19.1 Å². The third-order valence-electron chi connectivity index (χ3n) is 2.65. The lowest BCUT2D eigenvalue weighted by Crippen LogP contribution is -2.23. The molecule has 108 valence electrons. The number of hydrogen-bond donors (Lipinski definition) is 0. The van der Waals surface area contributed by atoms with Crippen LogP contribution in [-0.4, -0.2) is 11.9 Å². The van der Waals surface area contributed by atoms with Crippen LogP contribution < -0.4 is 4.74 Å². The molecule has 21 heavy (non-hydrogen) atoms. The van der Waals surface area contributed by atoms with Crippen LogP contribution in [0.25, 0.3) is 0 Å². The van der Waals surface area contributed by atoms with Crippen molar-refractivity contribution in [2.45, 2.75) is 13.0 Å². The van der Waals surface area contributed by atoms with Crippen LogP contribution in [0.15, 0.2) is 54.6 Å². The standard InChI is InChI=1S/C16H13ClO4/c1-11(18)20-15(12-7-3-2-4-8-12)16(19)21-14-10-6-5-9-13(14)17/h2-10,15H,1H3/t15-/m1/s1. The van der Waals surface area contributed by atoms with Crippen LogP contribution in [-0.2, 0) is 14.3 Å². The van der Waals surface area contributed by atoms with Crippen molar-refractivity contribution in [3.8, 4) is 5.75 Å². The summed E-state index contributed by atoms with van der Waals surface area (Å²) in [7, 11) is 0. The van der Waals surface area contributed by atoms with Crippen LogP contribution >= 0.6 is 11.6 Å². The zero-order chi connectivity index (χ0) is 15.2. The maximum atomic E-state index is 12.2. The summed E-state index contributed by atoms with van der Waals surface area (Å²) in [5, 5.41) is 0.306. The molecule has 0 saturated carbocycles. The van der Waals surface area contributed by atoms with Gasteiger partial charge in [0.15, 0.2) is 0 Å².